The van der Waals surface area contributed by atoms with Gasteiger partial charge in [0.25, 0.3) is 0 Å². The molecule has 0 radical (unpaired) electrons. The zero-order valence-corrected chi connectivity index (χ0v) is 31.3. The smallest absolute Gasteiger partial charge is 0.387 e. The van der Waals surface area contributed by atoms with Gasteiger partial charge in [-0.2, -0.15) is 4.57 Å². The highest BCUT2D eigenvalue weighted by Crippen LogP contribution is 2.31. The lowest BCUT2D eigenvalue weighted by Crippen LogP contribution is -2.81. The van der Waals surface area contributed by atoms with Crippen LogP contribution in [0.3, 0.4) is 0 Å². The lowest BCUT2D eigenvalue weighted by Gasteiger charge is -2.44. The highest BCUT2D eigenvalue weighted by molar-refractivity contribution is 7.20. The fourth-order valence-electron chi connectivity index (χ4n) is 6.56. The summed E-state index contributed by atoms with van der Waals surface area (Å²) in [5.41, 5.74) is -13.3. The number of benzene rings is 5. The molecule has 0 aliphatic carbocycles. The molecular formula is C39H19BF20N2O. The predicted molar refractivity (Wildman–Crippen MR) is 180 cm³/mol. The van der Waals surface area contributed by atoms with Crippen LogP contribution in [0.25, 0.3) is 0 Å². The Hall–Kier alpha value is -6.36. The van der Waals surface area contributed by atoms with E-state index in [0.717, 1.165) is 12.4 Å². The zero-order chi connectivity index (χ0) is 47.4. The molecule has 0 amide bonds. The minimum absolute atomic E-state index is 0.221. The van der Waals surface area contributed by atoms with Crippen molar-refractivity contribution in [1.29, 1.82) is 0 Å². The van der Waals surface area contributed by atoms with E-state index in [0.29, 0.717) is 0 Å². The Morgan fingerprint density at radius 2 is 0.698 bits per heavy atom. The second kappa shape index (κ2) is 17.4. The van der Waals surface area contributed by atoms with E-state index < -0.39 is 144 Å². The summed E-state index contributed by atoms with van der Waals surface area (Å²) in [7, 11) is 0. The molecule has 63 heavy (non-hydrogen) atoms. The molecule has 0 aliphatic heterocycles. The van der Waals surface area contributed by atoms with Crippen molar-refractivity contribution in [2.75, 3.05) is 0 Å². The van der Waals surface area contributed by atoms with Gasteiger partial charge < -0.3 is 4.74 Å². The average Bonchev–Trinajstić information content (AvgIpc) is 3.24. The molecule has 0 saturated carbocycles. The molecule has 0 aliphatic rings. The van der Waals surface area contributed by atoms with E-state index in [1.54, 1.807) is 12.4 Å². The van der Waals surface area contributed by atoms with Crippen molar-refractivity contribution in [3.8, 4) is 5.88 Å². The molecule has 0 fully saturated rings. The first-order valence-electron chi connectivity index (χ1n) is 17.0. The minimum Gasteiger partial charge on any atom is -0.438 e. The fraction of sp³-hybridized carbons (Fsp3) is 0.128. The minimum atomic E-state index is -7.22. The van der Waals surface area contributed by atoms with Gasteiger partial charge in [-0.3, -0.25) is 0 Å². The van der Waals surface area contributed by atoms with E-state index >= 15 is 35.1 Å². The Labute approximate surface area is 339 Å². The molecule has 5 aromatic carbocycles. The molecule has 0 unspecified atom stereocenters. The van der Waals surface area contributed by atoms with Gasteiger partial charge in [0.2, 0.25) is 0 Å². The van der Waals surface area contributed by atoms with Gasteiger partial charge in [-0.05, 0) is 20.8 Å². The number of ether oxygens (including phenoxy) is 1. The van der Waals surface area contributed by atoms with E-state index in [4.69, 9.17) is 4.74 Å². The fourth-order valence-corrected chi connectivity index (χ4v) is 6.56. The topological polar surface area (TPSA) is 26.0 Å². The number of aromatic nitrogens is 2. The van der Waals surface area contributed by atoms with Crippen molar-refractivity contribution >= 4 is 28.0 Å². The van der Waals surface area contributed by atoms with Gasteiger partial charge in [0, 0.05) is 5.56 Å². The maximum absolute atomic E-state index is 15.4. The van der Waals surface area contributed by atoms with Gasteiger partial charge in [-0.25, -0.2) is 92.8 Å². The van der Waals surface area contributed by atoms with Crippen LogP contribution < -0.4 is 31.2 Å². The highest BCUT2D eigenvalue weighted by Gasteiger charge is 2.52. The SMILES string of the molecule is CC(C)(C)Oc1cncc[n+]1Cc1ccccc1.Fc1c(F)c(F)c([B-](c2c(F)c(F)c(F)c(F)c2F)(c2c(F)c(F)c(F)c(F)c2F)c2c(F)c(F)c(F)c(F)c2F)c(F)c1F. The third-order valence-electron chi connectivity index (χ3n) is 9.11. The number of halogens is 20. The first-order valence-corrected chi connectivity index (χ1v) is 17.0. The molecule has 3 nitrogen and oxygen atoms in total. The van der Waals surface area contributed by atoms with E-state index in [1.807, 2.05) is 45.2 Å². The Balaban J connectivity index is 0.000000345. The number of hydrogen-bond donors (Lipinski definition) is 0. The number of nitrogens with zero attached hydrogens (tertiary/aromatic N) is 2. The standard InChI is InChI=1S/C24BF20.C15H19N2O/c26-5-1(6(27)14(35)21(42)13(5)34)25(2-7(28)15(36)22(43)16(37)8(2)29,3-9(30)17(38)23(44)18(39)10(3)31)4-11(32)19(40)24(45)20(41)12(4)33;1-15(2,3)18-14-11-16-9-10-17(14)12-13-7-5-4-6-8-13/h;4-11H,12H2,1-3H3/q-1;+1. The van der Waals surface area contributed by atoms with Crippen LogP contribution in [-0.4, -0.2) is 16.7 Å². The molecule has 1 aromatic heterocycles. The van der Waals surface area contributed by atoms with Crippen LogP contribution in [0.1, 0.15) is 26.3 Å². The van der Waals surface area contributed by atoms with Crippen molar-refractivity contribution in [2.45, 2.75) is 32.9 Å². The van der Waals surface area contributed by atoms with Crippen molar-refractivity contribution < 1.29 is 97.1 Å². The lowest BCUT2D eigenvalue weighted by atomic mass is 9.12. The Kier molecular flexibility index (Phi) is 13.2. The predicted octanol–water partition coefficient (Wildman–Crippen LogP) is 8.44. The molecule has 6 aromatic rings. The molecular weight excluding hydrogens is 903 g/mol. The van der Waals surface area contributed by atoms with Crippen LogP contribution >= 0.6 is 0 Å². The van der Waals surface area contributed by atoms with Crippen LogP contribution in [0.15, 0.2) is 48.9 Å². The first kappa shape index (κ1) is 47.7. The van der Waals surface area contributed by atoms with Gasteiger partial charge >= 0.3 is 5.88 Å². The Morgan fingerprint density at radius 1 is 0.429 bits per heavy atom. The highest BCUT2D eigenvalue weighted by atomic mass is 19.2. The third kappa shape index (κ3) is 7.98. The molecule has 0 bridgehead atoms. The van der Waals surface area contributed by atoms with E-state index in [2.05, 4.69) is 21.7 Å². The van der Waals surface area contributed by atoms with Crippen molar-refractivity contribution in [3.63, 3.8) is 0 Å². The summed E-state index contributed by atoms with van der Waals surface area (Å²) in [6.07, 6.45) is -1.74. The monoisotopic (exact) mass is 922 g/mol. The van der Waals surface area contributed by atoms with Crippen LogP contribution in [0.5, 0.6) is 5.88 Å². The van der Waals surface area contributed by atoms with Gasteiger partial charge in [0.15, 0.2) is 82.5 Å². The third-order valence-corrected chi connectivity index (χ3v) is 9.11. The molecule has 6 rings (SSSR count). The largest absolute Gasteiger partial charge is 0.438 e. The van der Waals surface area contributed by atoms with Crippen molar-refractivity contribution in [3.05, 3.63) is 171 Å². The van der Waals surface area contributed by atoms with Gasteiger partial charge in [-0.1, -0.05) is 30.3 Å². The summed E-state index contributed by atoms with van der Waals surface area (Å²) in [4.78, 5) is 4.13. The summed E-state index contributed by atoms with van der Waals surface area (Å²) in [6.45, 7) is 6.89. The molecule has 0 N–H and O–H groups in total. The molecule has 24 heteroatoms. The number of hydrogen-bond acceptors (Lipinski definition) is 2. The molecule has 0 spiro atoms. The molecule has 0 atom stereocenters. The van der Waals surface area contributed by atoms with Crippen LogP contribution in [0.4, 0.5) is 87.8 Å². The summed E-state index contributed by atoms with van der Waals surface area (Å²) in [6, 6.07) is 10.3. The van der Waals surface area contributed by atoms with Crippen LogP contribution in [0.2, 0.25) is 0 Å². The maximum atomic E-state index is 15.4. The normalized spacial score (nSPS) is 11.8. The average molecular weight is 922 g/mol. The lowest BCUT2D eigenvalue weighted by molar-refractivity contribution is -0.695. The van der Waals surface area contributed by atoms with Gasteiger partial charge in [0.05, 0.1) is 6.20 Å². The van der Waals surface area contributed by atoms with Crippen LogP contribution in [-0.2, 0) is 6.54 Å². The van der Waals surface area contributed by atoms with E-state index in [9.17, 15) is 52.7 Å². The summed E-state index contributed by atoms with van der Waals surface area (Å²) in [5.74, 6) is -70.6. The molecule has 0 saturated heterocycles. The summed E-state index contributed by atoms with van der Waals surface area (Å²) >= 11 is 0. The quantitative estimate of drug-likeness (QED) is 0.0529. The van der Waals surface area contributed by atoms with Crippen molar-refractivity contribution in [2.24, 2.45) is 0 Å². The summed E-state index contributed by atoms with van der Waals surface area (Å²) in [5, 5.41) is 0. The number of rotatable bonds is 7. The Morgan fingerprint density at radius 3 is 0.968 bits per heavy atom. The van der Waals surface area contributed by atoms with Crippen molar-refractivity contribution in [1.82, 2.24) is 4.98 Å². The molecule has 1 heterocycles. The second-order valence-electron chi connectivity index (χ2n) is 14.0. The van der Waals surface area contributed by atoms with Gasteiger partial charge in [0.1, 0.15) is 64.5 Å². The van der Waals surface area contributed by atoms with E-state index in [1.165, 1.54) is 5.56 Å². The Bertz CT molecular complexity index is 2400. The maximum Gasteiger partial charge on any atom is 0.387 e. The summed E-state index contributed by atoms with van der Waals surface area (Å²) < 4.78 is 302. The second-order valence-corrected chi connectivity index (χ2v) is 14.0. The molecule has 334 valence electrons. The first-order chi connectivity index (χ1) is 29.2. The van der Waals surface area contributed by atoms with Gasteiger partial charge in [-0.15, -0.1) is 21.9 Å². The van der Waals surface area contributed by atoms with Crippen LogP contribution in [0, 0.1) is 116 Å². The van der Waals surface area contributed by atoms with E-state index in [-0.39, 0.29) is 5.60 Å². The zero-order valence-electron chi connectivity index (χ0n) is 31.3.